The molecule has 2 N–H and O–H groups in total. The molecule has 0 saturated carbocycles. The Kier molecular flexibility index (Phi) is 4.08. The zero-order valence-electron chi connectivity index (χ0n) is 14.6. The molecule has 0 spiro atoms. The first-order valence-electron chi connectivity index (χ1n) is 8.62. The second-order valence-electron chi connectivity index (χ2n) is 6.21. The third-order valence-corrected chi connectivity index (χ3v) is 4.53. The van der Waals surface area contributed by atoms with Gasteiger partial charge in [0.1, 0.15) is 5.65 Å². The van der Waals surface area contributed by atoms with Crippen LogP contribution in [0.15, 0.2) is 65.5 Å². The number of hydrogen-bond donors (Lipinski definition) is 2. The summed E-state index contributed by atoms with van der Waals surface area (Å²) in [7, 11) is 0. The number of aromatic nitrogens is 3. The zero-order chi connectivity index (χ0) is 19.0. The van der Waals surface area contributed by atoms with Gasteiger partial charge in [0.05, 0.1) is 17.0 Å². The topological polar surface area (TPSA) is 87.5 Å². The molecule has 0 fully saturated rings. The van der Waals surface area contributed by atoms with Crippen molar-refractivity contribution in [1.29, 1.82) is 0 Å². The van der Waals surface area contributed by atoms with E-state index >= 15 is 0 Å². The van der Waals surface area contributed by atoms with E-state index < -0.39 is 5.97 Å². The van der Waals surface area contributed by atoms with Crippen LogP contribution >= 0.6 is 0 Å². The third-order valence-electron chi connectivity index (χ3n) is 4.53. The number of nitrogens with zero attached hydrogens (tertiary/aromatic N) is 2. The lowest BCUT2D eigenvalue weighted by Crippen LogP contribution is -2.14. The minimum Gasteiger partial charge on any atom is -0.478 e. The average Bonchev–Trinajstić information content (AvgIpc) is 3.08. The number of carboxylic acid groups (broad SMARTS) is 1. The van der Waals surface area contributed by atoms with Crippen LogP contribution < -0.4 is 5.56 Å². The molecular formula is C21H17N3O3. The molecule has 2 heterocycles. The fourth-order valence-electron chi connectivity index (χ4n) is 3.22. The summed E-state index contributed by atoms with van der Waals surface area (Å²) in [4.78, 5) is 27.2. The van der Waals surface area contributed by atoms with Gasteiger partial charge in [-0.05, 0) is 24.1 Å². The molecule has 6 nitrogen and oxygen atoms in total. The van der Waals surface area contributed by atoms with Gasteiger partial charge < -0.3 is 10.1 Å². The molecule has 0 radical (unpaired) electrons. The van der Waals surface area contributed by atoms with Crippen molar-refractivity contribution in [2.45, 2.75) is 13.3 Å². The Morgan fingerprint density at radius 1 is 1.07 bits per heavy atom. The Morgan fingerprint density at radius 3 is 2.52 bits per heavy atom. The maximum absolute atomic E-state index is 12.7. The number of aromatic carboxylic acids is 1. The minimum atomic E-state index is -1.01. The van der Waals surface area contributed by atoms with E-state index in [1.54, 1.807) is 18.2 Å². The molecule has 134 valence electrons. The smallest absolute Gasteiger partial charge is 0.335 e. The third kappa shape index (κ3) is 2.91. The molecule has 6 heteroatoms. The van der Waals surface area contributed by atoms with Gasteiger partial charge in [-0.3, -0.25) is 4.79 Å². The van der Waals surface area contributed by atoms with Crippen molar-refractivity contribution in [2.24, 2.45) is 0 Å². The van der Waals surface area contributed by atoms with Crippen LogP contribution in [0.4, 0.5) is 0 Å². The number of rotatable bonds is 4. The number of carboxylic acids is 1. The lowest BCUT2D eigenvalue weighted by Gasteiger charge is -2.05. The molecule has 2 aromatic heterocycles. The van der Waals surface area contributed by atoms with E-state index in [1.807, 2.05) is 37.3 Å². The number of aromatic amines is 1. The molecule has 0 aliphatic heterocycles. The number of hydrogen-bond acceptors (Lipinski definition) is 3. The Hall–Kier alpha value is -3.67. The van der Waals surface area contributed by atoms with Crippen LogP contribution in [0, 0.1) is 0 Å². The predicted octanol–water partition coefficient (Wildman–Crippen LogP) is 3.62. The molecule has 0 saturated heterocycles. The Balaban J connectivity index is 1.95. The van der Waals surface area contributed by atoms with Gasteiger partial charge in [-0.2, -0.15) is 9.61 Å². The molecule has 4 rings (SSSR count). The standard InChI is InChI=1S/C21H17N3O3/c1-2-16-19(13-7-4-3-5-8-13)23-24-18(25)12-17(22-20(16)24)14-9-6-10-15(11-14)21(26)27/h3-12,22H,2H2,1H3,(H,26,27). The molecule has 0 unspecified atom stereocenters. The summed E-state index contributed by atoms with van der Waals surface area (Å²) in [6, 6.07) is 17.7. The maximum Gasteiger partial charge on any atom is 0.335 e. The zero-order valence-corrected chi connectivity index (χ0v) is 14.6. The van der Waals surface area contributed by atoms with Crippen LogP contribution in [-0.4, -0.2) is 25.7 Å². The summed E-state index contributed by atoms with van der Waals surface area (Å²) in [5, 5.41) is 13.7. The second-order valence-corrected chi connectivity index (χ2v) is 6.21. The Bertz CT molecular complexity index is 1210. The molecule has 0 aliphatic rings. The number of fused-ring (bicyclic) bond motifs is 1. The fraction of sp³-hybridized carbons (Fsp3) is 0.0952. The SMILES string of the molecule is CCc1c(-c2ccccc2)nn2c(=O)cc(-c3cccc(C(=O)O)c3)[nH]c12. The van der Waals surface area contributed by atoms with Crippen molar-refractivity contribution in [3.8, 4) is 22.5 Å². The molecule has 0 aliphatic carbocycles. The second kappa shape index (κ2) is 6.57. The first kappa shape index (κ1) is 16.8. The van der Waals surface area contributed by atoms with E-state index in [2.05, 4.69) is 10.1 Å². The van der Waals surface area contributed by atoms with E-state index in [-0.39, 0.29) is 11.1 Å². The van der Waals surface area contributed by atoms with Crippen LogP contribution in [0.2, 0.25) is 0 Å². The van der Waals surface area contributed by atoms with Gasteiger partial charge >= 0.3 is 5.97 Å². The number of nitrogens with one attached hydrogen (secondary N) is 1. The normalized spacial score (nSPS) is 11.0. The van der Waals surface area contributed by atoms with Gasteiger partial charge in [0, 0.05) is 17.2 Å². The number of benzene rings is 2. The Morgan fingerprint density at radius 2 is 1.81 bits per heavy atom. The maximum atomic E-state index is 12.7. The summed E-state index contributed by atoms with van der Waals surface area (Å²) in [5.41, 5.74) is 4.37. The van der Waals surface area contributed by atoms with Gasteiger partial charge in [-0.25, -0.2) is 4.79 Å². The molecule has 0 amide bonds. The Labute approximate surface area is 154 Å². The highest BCUT2D eigenvalue weighted by Crippen LogP contribution is 2.26. The van der Waals surface area contributed by atoms with E-state index in [9.17, 15) is 14.7 Å². The van der Waals surface area contributed by atoms with Crippen molar-refractivity contribution in [1.82, 2.24) is 14.6 Å². The van der Waals surface area contributed by atoms with Crippen LogP contribution in [0.1, 0.15) is 22.8 Å². The lowest BCUT2D eigenvalue weighted by atomic mass is 10.1. The van der Waals surface area contributed by atoms with Gasteiger partial charge in [0.2, 0.25) is 0 Å². The number of H-pyrrole nitrogens is 1. The highest BCUT2D eigenvalue weighted by atomic mass is 16.4. The molecule has 2 aromatic carbocycles. The molecule has 0 atom stereocenters. The molecule has 0 bridgehead atoms. The van der Waals surface area contributed by atoms with Gasteiger partial charge in [0.25, 0.3) is 5.56 Å². The monoisotopic (exact) mass is 359 g/mol. The van der Waals surface area contributed by atoms with Crippen molar-refractivity contribution in [3.05, 3.63) is 82.1 Å². The van der Waals surface area contributed by atoms with E-state index in [1.165, 1.54) is 16.6 Å². The summed E-state index contributed by atoms with van der Waals surface area (Å²) in [6.45, 7) is 2.01. The summed E-state index contributed by atoms with van der Waals surface area (Å²) in [5.74, 6) is -1.01. The van der Waals surface area contributed by atoms with E-state index in [4.69, 9.17) is 0 Å². The van der Waals surface area contributed by atoms with E-state index in [0.29, 0.717) is 23.3 Å². The minimum absolute atomic E-state index is 0.169. The summed E-state index contributed by atoms with van der Waals surface area (Å²) in [6.07, 6.45) is 0.697. The van der Waals surface area contributed by atoms with Crippen molar-refractivity contribution < 1.29 is 9.90 Å². The van der Waals surface area contributed by atoms with Crippen molar-refractivity contribution in [2.75, 3.05) is 0 Å². The molecular weight excluding hydrogens is 342 g/mol. The average molecular weight is 359 g/mol. The van der Waals surface area contributed by atoms with Crippen molar-refractivity contribution >= 4 is 11.6 Å². The van der Waals surface area contributed by atoms with Crippen LogP contribution in [0.25, 0.3) is 28.2 Å². The lowest BCUT2D eigenvalue weighted by molar-refractivity contribution is 0.0697. The van der Waals surface area contributed by atoms with Crippen LogP contribution in [0.3, 0.4) is 0 Å². The first-order valence-corrected chi connectivity index (χ1v) is 8.62. The van der Waals surface area contributed by atoms with E-state index in [0.717, 1.165) is 16.8 Å². The summed E-state index contributed by atoms with van der Waals surface area (Å²) >= 11 is 0. The van der Waals surface area contributed by atoms with Crippen LogP contribution in [0.5, 0.6) is 0 Å². The van der Waals surface area contributed by atoms with Crippen LogP contribution in [-0.2, 0) is 6.42 Å². The van der Waals surface area contributed by atoms with Gasteiger partial charge in [0.15, 0.2) is 0 Å². The predicted molar refractivity (Wildman–Crippen MR) is 103 cm³/mol. The largest absolute Gasteiger partial charge is 0.478 e. The highest BCUT2D eigenvalue weighted by molar-refractivity contribution is 5.89. The number of carbonyl (C=O) groups is 1. The highest BCUT2D eigenvalue weighted by Gasteiger charge is 2.16. The fourth-order valence-corrected chi connectivity index (χ4v) is 3.22. The quantitative estimate of drug-likeness (QED) is 0.583. The molecule has 27 heavy (non-hydrogen) atoms. The first-order chi connectivity index (χ1) is 13.1. The van der Waals surface area contributed by atoms with Gasteiger partial charge in [-0.1, -0.05) is 49.4 Å². The number of aryl methyl sites for hydroxylation is 1. The molecule has 4 aromatic rings. The van der Waals surface area contributed by atoms with Crippen molar-refractivity contribution in [3.63, 3.8) is 0 Å². The summed E-state index contributed by atoms with van der Waals surface area (Å²) < 4.78 is 1.37. The van der Waals surface area contributed by atoms with Gasteiger partial charge in [-0.15, -0.1) is 0 Å².